The third-order valence-electron chi connectivity index (χ3n) is 4.56. The van der Waals surface area contributed by atoms with Crippen molar-refractivity contribution in [2.75, 3.05) is 0 Å². The fourth-order valence-electron chi connectivity index (χ4n) is 3.23. The maximum atomic E-state index is 12.7. The summed E-state index contributed by atoms with van der Waals surface area (Å²) in [6, 6.07) is 12.5. The maximum absolute atomic E-state index is 12.7. The zero-order valence-electron chi connectivity index (χ0n) is 14.4. The highest BCUT2D eigenvalue weighted by molar-refractivity contribution is 8.00. The van der Waals surface area contributed by atoms with Gasteiger partial charge in [0.25, 0.3) is 0 Å². The Morgan fingerprint density at radius 3 is 3.08 bits per heavy atom. The first-order valence-corrected chi connectivity index (χ1v) is 10.5. The van der Waals surface area contributed by atoms with Gasteiger partial charge in [0.1, 0.15) is 0 Å². The van der Waals surface area contributed by atoms with Crippen molar-refractivity contribution in [3.63, 3.8) is 0 Å². The van der Waals surface area contributed by atoms with E-state index < -0.39 is 0 Å². The zero-order chi connectivity index (χ0) is 17.9. The summed E-state index contributed by atoms with van der Waals surface area (Å²) in [7, 11) is 0. The van der Waals surface area contributed by atoms with Crippen molar-refractivity contribution >= 4 is 29.0 Å². The Labute approximate surface area is 160 Å². The predicted molar refractivity (Wildman–Crippen MR) is 105 cm³/mol. The summed E-state index contributed by atoms with van der Waals surface area (Å²) in [6.45, 7) is 1.90. The van der Waals surface area contributed by atoms with Gasteiger partial charge in [0.15, 0.2) is 5.82 Å². The van der Waals surface area contributed by atoms with Crippen LogP contribution < -0.4 is 5.32 Å². The Balaban J connectivity index is 1.40. The van der Waals surface area contributed by atoms with Crippen molar-refractivity contribution in [3.05, 3.63) is 52.9 Å². The van der Waals surface area contributed by atoms with Crippen molar-refractivity contribution in [1.29, 1.82) is 0 Å². The summed E-state index contributed by atoms with van der Waals surface area (Å²) in [6.07, 6.45) is 3.19. The van der Waals surface area contributed by atoms with Gasteiger partial charge >= 0.3 is 0 Å². The van der Waals surface area contributed by atoms with Gasteiger partial charge in [-0.1, -0.05) is 42.1 Å². The van der Waals surface area contributed by atoms with Gasteiger partial charge in [-0.05, 0) is 48.8 Å². The lowest BCUT2D eigenvalue weighted by Gasteiger charge is -2.27. The Kier molecular flexibility index (Phi) is 5.08. The number of benzene rings is 1. The van der Waals surface area contributed by atoms with E-state index in [9.17, 15) is 4.79 Å². The molecule has 1 aromatic carbocycles. The smallest absolute Gasteiger partial charge is 0.233 e. The van der Waals surface area contributed by atoms with Crippen LogP contribution in [0.1, 0.15) is 36.9 Å². The highest BCUT2D eigenvalue weighted by Gasteiger charge is 2.24. The van der Waals surface area contributed by atoms with Crippen molar-refractivity contribution in [2.45, 2.75) is 42.6 Å². The third-order valence-corrected chi connectivity index (χ3v) is 6.39. The van der Waals surface area contributed by atoms with Gasteiger partial charge in [-0.2, -0.15) is 0 Å². The number of amides is 1. The molecule has 0 bridgehead atoms. The van der Waals surface area contributed by atoms with E-state index >= 15 is 0 Å². The molecule has 134 valence electrons. The molecule has 2 aromatic heterocycles. The van der Waals surface area contributed by atoms with Crippen LogP contribution in [0.3, 0.4) is 0 Å². The average molecular weight is 385 g/mol. The van der Waals surface area contributed by atoms with Crippen LogP contribution in [0, 0.1) is 0 Å². The second kappa shape index (κ2) is 7.63. The van der Waals surface area contributed by atoms with E-state index in [0.29, 0.717) is 5.16 Å². The van der Waals surface area contributed by atoms with Gasteiger partial charge in [0.2, 0.25) is 11.1 Å². The number of nitrogens with zero attached hydrogens (tertiary/aromatic N) is 2. The zero-order valence-corrected chi connectivity index (χ0v) is 16.1. The Morgan fingerprint density at radius 2 is 2.23 bits per heavy atom. The average Bonchev–Trinajstić information content (AvgIpc) is 3.33. The van der Waals surface area contributed by atoms with Gasteiger partial charge in [-0.3, -0.25) is 9.89 Å². The lowest BCUT2D eigenvalue weighted by molar-refractivity contribution is -0.121. The number of hydrogen-bond donors (Lipinski definition) is 2. The highest BCUT2D eigenvalue weighted by Crippen LogP contribution is 2.30. The number of carbonyl (C=O) groups excluding carboxylic acids is 1. The second-order valence-electron chi connectivity index (χ2n) is 6.36. The molecule has 4 rings (SSSR count). The SMILES string of the molecule is CC(Sc1n[nH]c(-c2cccs2)n1)C(=O)NC1CCCc2ccccc21. The van der Waals surface area contributed by atoms with E-state index in [-0.39, 0.29) is 17.2 Å². The van der Waals surface area contributed by atoms with E-state index in [1.54, 1.807) is 11.3 Å². The first-order chi connectivity index (χ1) is 12.7. The summed E-state index contributed by atoms with van der Waals surface area (Å²) in [5.41, 5.74) is 2.60. The quantitative estimate of drug-likeness (QED) is 0.647. The largest absolute Gasteiger partial charge is 0.348 e. The van der Waals surface area contributed by atoms with Gasteiger partial charge in [0.05, 0.1) is 16.2 Å². The van der Waals surface area contributed by atoms with Crippen LogP contribution in [0.4, 0.5) is 0 Å². The summed E-state index contributed by atoms with van der Waals surface area (Å²) < 4.78 is 0. The number of H-pyrrole nitrogens is 1. The molecular formula is C19H20N4OS2. The molecule has 26 heavy (non-hydrogen) atoms. The lowest BCUT2D eigenvalue weighted by atomic mass is 9.88. The molecule has 1 aliphatic carbocycles. The molecule has 1 amide bonds. The molecule has 2 atom stereocenters. The second-order valence-corrected chi connectivity index (χ2v) is 8.61. The Morgan fingerprint density at radius 1 is 1.35 bits per heavy atom. The first kappa shape index (κ1) is 17.3. The number of aryl methyl sites for hydroxylation is 1. The minimum atomic E-state index is -0.254. The fraction of sp³-hybridized carbons (Fsp3) is 0.316. The van der Waals surface area contributed by atoms with E-state index in [2.05, 4.69) is 38.7 Å². The maximum Gasteiger partial charge on any atom is 0.233 e. The highest BCUT2D eigenvalue weighted by atomic mass is 32.2. The van der Waals surface area contributed by atoms with Gasteiger partial charge < -0.3 is 5.32 Å². The van der Waals surface area contributed by atoms with Crippen LogP contribution in [0.5, 0.6) is 0 Å². The van der Waals surface area contributed by atoms with Crippen molar-refractivity contribution in [1.82, 2.24) is 20.5 Å². The number of aromatic amines is 1. The number of carbonyl (C=O) groups is 1. The van der Waals surface area contributed by atoms with Gasteiger partial charge in [-0.15, -0.1) is 16.4 Å². The molecule has 3 aromatic rings. The molecule has 0 fully saturated rings. The number of thiophene rings is 1. The van der Waals surface area contributed by atoms with Crippen molar-refractivity contribution in [3.8, 4) is 10.7 Å². The minimum Gasteiger partial charge on any atom is -0.348 e. The van der Waals surface area contributed by atoms with Gasteiger partial charge in [-0.25, -0.2) is 4.98 Å². The molecule has 2 heterocycles. The number of thioether (sulfide) groups is 1. The number of aromatic nitrogens is 3. The van der Waals surface area contributed by atoms with Crippen LogP contribution in [0.25, 0.3) is 10.7 Å². The molecule has 0 saturated carbocycles. The minimum absolute atomic E-state index is 0.0270. The van der Waals surface area contributed by atoms with E-state index in [1.807, 2.05) is 30.5 Å². The molecule has 0 aliphatic heterocycles. The summed E-state index contributed by atoms with van der Waals surface area (Å²) >= 11 is 2.99. The third kappa shape index (κ3) is 3.68. The predicted octanol–water partition coefficient (Wildman–Crippen LogP) is 4.21. The molecule has 0 spiro atoms. The Bertz CT molecular complexity index is 891. The fourth-order valence-corrected chi connectivity index (χ4v) is 4.62. The van der Waals surface area contributed by atoms with Crippen LogP contribution in [-0.2, 0) is 11.2 Å². The van der Waals surface area contributed by atoms with Crippen LogP contribution in [0.15, 0.2) is 46.9 Å². The topological polar surface area (TPSA) is 70.7 Å². The number of rotatable bonds is 5. The number of hydrogen-bond acceptors (Lipinski definition) is 5. The molecule has 2 N–H and O–H groups in total. The van der Waals surface area contributed by atoms with Crippen LogP contribution in [0.2, 0.25) is 0 Å². The molecule has 7 heteroatoms. The van der Waals surface area contributed by atoms with E-state index in [4.69, 9.17) is 0 Å². The van der Waals surface area contributed by atoms with Gasteiger partial charge in [0, 0.05) is 0 Å². The summed E-state index contributed by atoms with van der Waals surface area (Å²) in [5, 5.41) is 12.7. The monoisotopic (exact) mass is 384 g/mol. The standard InChI is InChI=1S/C19H20N4OS2/c1-12(26-19-21-17(22-23-19)16-10-5-11-25-16)18(24)20-15-9-4-7-13-6-2-3-8-14(13)15/h2-3,5-6,8,10-12,15H,4,7,9H2,1H3,(H,20,24)(H,21,22,23). The number of fused-ring (bicyclic) bond motifs is 1. The lowest BCUT2D eigenvalue weighted by Crippen LogP contribution is -2.35. The van der Waals surface area contributed by atoms with Crippen LogP contribution in [-0.4, -0.2) is 26.3 Å². The molecule has 0 saturated heterocycles. The van der Waals surface area contributed by atoms with Crippen molar-refractivity contribution in [2.24, 2.45) is 0 Å². The molecule has 0 radical (unpaired) electrons. The summed E-state index contributed by atoms with van der Waals surface area (Å²) in [5.74, 6) is 0.774. The molecule has 1 aliphatic rings. The van der Waals surface area contributed by atoms with E-state index in [0.717, 1.165) is 30.0 Å². The van der Waals surface area contributed by atoms with E-state index in [1.165, 1.54) is 22.9 Å². The number of nitrogens with one attached hydrogen (secondary N) is 2. The van der Waals surface area contributed by atoms with Crippen LogP contribution >= 0.6 is 23.1 Å². The molecule has 2 unspecified atom stereocenters. The van der Waals surface area contributed by atoms with Crippen molar-refractivity contribution < 1.29 is 4.79 Å². The molecule has 5 nitrogen and oxygen atoms in total. The first-order valence-electron chi connectivity index (χ1n) is 8.72. The normalized spacial score (nSPS) is 17.5. The Hall–Kier alpha value is -2.12. The molecular weight excluding hydrogens is 364 g/mol. The summed E-state index contributed by atoms with van der Waals surface area (Å²) in [4.78, 5) is 18.2.